The highest BCUT2D eigenvalue weighted by molar-refractivity contribution is 9.11. The standard InChI is InChI=1S/C12H15BrN2O4/c13-2-1-7-4-15(12(19)14-11(7)18)10-3-8(5-16)9(10)6-17/h1-2,4,8-10,16-17H,3,5-6H2,(H,14,18,19)/t8-,9-,10?/m1/s1. The van der Waals surface area contributed by atoms with Crippen molar-refractivity contribution in [1.29, 1.82) is 0 Å². The highest BCUT2D eigenvalue weighted by atomic mass is 79.9. The van der Waals surface area contributed by atoms with Crippen LogP contribution < -0.4 is 11.2 Å². The number of H-pyrrole nitrogens is 1. The Morgan fingerprint density at radius 3 is 2.74 bits per heavy atom. The lowest BCUT2D eigenvalue weighted by Crippen LogP contribution is -2.47. The van der Waals surface area contributed by atoms with Crippen molar-refractivity contribution < 1.29 is 10.2 Å². The van der Waals surface area contributed by atoms with Gasteiger partial charge in [-0.1, -0.05) is 15.9 Å². The van der Waals surface area contributed by atoms with Gasteiger partial charge in [-0.25, -0.2) is 4.79 Å². The number of aliphatic hydroxyl groups is 2. The predicted octanol–water partition coefficient (Wildman–Crippen LogP) is 0.0640. The third kappa shape index (κ3) is 2.58. The Morgan fingerprint density at radius 2 is 2.16 bits per heavy atom. The van der Waals surface area contributed by atoms with Gasteiger partial charge in [0.15, 0.2) is 0 Å². The fourth-order valence-corrected chi connectivity index (χ4v) is 2.80. The maximum atomic E-state index is 11.8. The first-order chi connectivity index (χ1) is 9.12. The third-order valence-electron chi connectivity index (χ3n) is 3.68. The molecule has 0 bridgehead atoms. The van der Waals surface area contributed by atoms with Crippen LogP contribution in [0.1, 0.15) is 18.0 Å². The molecule has 1 unspecified atom stereocenters. The Kier molecular flexibility index (Phi) is 4.38. The summed E-state index contributed by atoms with van der Waals surface area (Å²) >= 11 is 3.08. The van der Waals surface area contributed by atoms with Crippen LogP contribution in [0.4, 0.5) is 0 Å². The van der Waals surface area contributed by atoms with E-state index in [1.165, 1.54) is 15.7 Å². The molecular formula is C12H15BrN2O4. The first-order valence-corrected chi connectivity index (χ1v) is 6.87. The van der Waals surface area contributed by atoms with Gasteiger partial charge < -0.3 is 10.2 Å². The van der Waals surface area contributed by atoms with Gasteiger partial charge in [0.1, 0.15) is 0 Å². The Labute approximate surface area is 117 Å². The highest BCUT2D eigenvalue weighted by Gasteiger charge is 2.41. The molecule has 0 aromatic carbocycles. The molecule has 7 heteroatoms. The van der Waals surface area contributed by atoms with Crippen LogP contribution in [0, 0.1) is 11.8 Å². The van der Waals surface area contributed by atoms with Gasteiger partial charge in [0.25, 0.3) is 5.56 Å². The SMILES string of the molecule is O=c1[nH]c(=O)n(C2C[C@H](CO)[C@H]2CO)cc1C=CBr. The second kappa shape index (κ2) is 5.85. The third-order valence-corrected chi connectivity index (χ3v) is 3.95. The van der Waals surface area contributed by atoms with Crippen LogP contribution in [-0.2, 0) is 0 Å². The van der Waals surface area contributed by atoms with Crippen molar-refractivity contribution in [3.05, 3.63) is 37.6 Å². The van der Waals surface area contributed by atoms with E-state index < -0.39 is 11.2 Å². The molecule has 6 nitrogen and oxygen atoms in total. The van der Waals surface area contributed by atoms with Crippen LogP contribution in [0.2, 0.25) is 0 Å². The van der Waals surface area contributed by atoms with Gasteiger partial charge in [-0.2, -0.15) is 0 Å². The topological polar surface area (TPSA) is 95.3 Å². The summed E-state index contributed by atoms with van der Waals surface area (Å²) in [6.07, 6.45) is 3.65. The average molecular weight is 331 g/mol. The fraction of sp³-hybridized carbons (Fsp3) is 0.500. The van der Waals surface area contributed by atoms with Crippen LogP contribution in [-0.4, -0.2) is 33.0 Å². The van der Waals surface area contributed by atoms with Crippen molar-refractivity contribution in [2.75, 3.05) is 13.2 Å². The van der Waals surface area contributed by atoms with E-state index in [9.17, 15) is 14.7 Å². The van der Waals surface area contributed by atoms with Crippen LogP contribution in [0.3, 0.4) is 0 Å². The molecule has 2 rings (SSSR count). The molecule has 1 aromatic heterocycles. The van der Waals surface area contributed by atoms with E-state index in [-0.39, 0.29) is 31.1 Å². The Morgan fingerprint density at radius 1 is 1.42 bits per heavy atom. The number of aromatic nitrogens is 2. The molecule has 104 valence electrons. The molecule has 1 aromatic rings. The van der Waals surface area contributed by atoms with E-state index >= 15 is 0 Å². The normalized spacial score (nSPS) is 26.6. The monoisotopic (exact) mass is 330 g/mol. The van der Waals surface area contributed by atoms with E-state index in [2.05, 4.69) is 20.9 Å². The maximum absolute atomic E-state index is 11.8. The molecule has 1 heterocycles. The molecule has 0 amide bonds. The van der Waals surface area contributed by atoms with E-state index in [4.69, 9.17) is 5.11 Å². The van der Waals surface area contributed by atoms with Crippen LogP contribution in [0.25, 0.3) is 6.08 Å². The number of aliphatic hydroxyl groups excluding tert-OH is 2. The van der Waals surface area contributed by atoms with Gasteiger partial charge in [0, 0.05) is 31.4 Å². The molecule has 0 spiro atoms. The van der Waals surface area contributed by atoms with Gasteiger partial charge in [-0.15, -0.1) is 0 Å². The average Bonchev–Trinajstić information content (AvgIpc) is 2.34. The lowest BCUT2D eigenvalue weighted by molar-refractivity contribution is -0.00876. The van der Waals surface area contributed by atoms with Crippen molar-refractivity contribution in [2.45, 2.75) is 12.5 Å². The highest BCUT2D eigenvalue weighted by Crippen LogP contribution is 2.42. The molecule has 1 aliphatic carbocycles. The first-order valence-electron chi connectivity index (χ1n) is 5.96. The fourth-order valence-electron chi connectivity index (χ4n) is 2.51. The summed E-state index contributed by atoms with van der Waals surface area (Å²) in [6.45, 7) is -0.0981. The molecule has 1 aliphatic rings. The summed E-state index contributed by atoms with van der Waals surface area (Å²) in [7, 11) is 0. The van der Waals surface area contributed by atoms with Gasteiger partial charge >= 0.3 is 5.69 Å². The van der Waals surface area contributed by atoms with Gasteiger partial charge in [0.05, 0.1) is 5.56 Å². The van der Waals surface area contributed by atoms with Crippen LogP contribution >= 0.6 is 15.9 Å². The van der Waals surface area contributed by atoms with Gasteiger partial charge in [-0.05, 0) is 23.4 Å². The van der Waals surface area contributed by atoms with E-state index in [1.807, 2.05) is 0 Å². The molecule has 3 N–H and O–H groups in total. The largest absolute Gasteiger partial charge is 0.396 e. The van der Waals surface area contributed by atoms with Crippen molar-refractivity contribution >= 4 is 22.0 Å². The number of aromatic amines is 1. The molecule has 0 radical (unpaired) electrons. The summed E-state index contributed by atoms with van der Waals surface area (Å²) in [5.41, 5.74) is -0.576. The zero-order valence-corrected chi connectivity index (χ0v) is 11.7. The number of nitrogens with zero attached hydrogens (tertiary/aromatic N) is 1. The van der Waals surface area contributed by atoms with Crippen molar-refractivity contribution in [1.82, 2.24) is 9.55 Å². The number of halogens is 1. The molecule has 0 aliphatic heterocycles. The Bertz CT molecular complexity index is 592. The van der Waals surface area contributed by atoms with E-state index in [0.29, 0.717) is 12.0 Å². The second-order valence-electron chi connectivity index (χ2n) is 4.64. The molecule has 1 saturated carbocycles. The Hall–Kier alpha value is -1.18. The summed E-state index contributed by atoms with van der Waals surface area (Å²) < 4.78 is 1.43. The second-order valence-corrected chi connectivity index (χ2v) is 5.16. The minimum absolute atomic E-state index is 0.00370. The number of rotatable bonds is 4. The van der Waals surface area contributed by atoms with Gasteiger partial charge in [0.2, 0.25) is 0 Å². The minimum atomic E-state index is -0.489. The van der Waals surface area contributed by atoms with E-state index in [1.54, 1.807) is 6.08 Å². The zero-order valence-electron chi connectivity index (χ0n) is 10.1. The van der Waals surface area contributed by atoms with Crippen molar-refractivity contribution in [3.8, 4) is 0 Å². The number of hydrogen-bond acceptors (Lipinski definition) is 4. The van der Waals surface area contributed by atoms with E-state index in [0.717, 1.165) is 0 Å². The van der Waals surface area contributed by atoms with Crippen LogP contribution in [0.15, 0.2) is 20.8 Å². The van der Waals surface area contributed by atoms with Crippen LogP contribution in [0.5, 0.6) is 0 Å². The lowest BCUT2D eigenvalue weighted by atomic mass is 9.70. The maximum Gasteiger partial charge on any atom is 0.328 e. The minimum Gasteiger partial charge on any atom is -0.396 e. The number of nitrogens with one attached hydrogen (secondary N) is 1. The first kappa shape index (κ1) is 14.2. The zero-order chi connectivity index (χ0) is 14.0. The summed E-state index contributed by atoms with van der Waals surface area (Å²) in [4.78, 5) is 27.2. The molecule has 0 saturated heterocycles. The molecule has 19 heavy (non-hydrogen) atoms. The van der Waals surface area contributed by atoms with Crippen molar-refractivity contribution in [3.63, 3.8) is 0 Å². The smallest absolute Gasteiger partial charge is 0.328 e. The quantitative estimate of drug-likeness (QED) is 0.727. The number of hydrogen-bond donors (Lipinski definition) is 3. The molecular weight excluding hydrogens is 316 g/mol. The van der Waals surface area contributed by atoms with Crippen molar-refractivity contribution in [2.24, 2.45) is 11.8 Å². The summed E-state index contributed by atoms with van der Waals surface area (Å²) in [5.74, 6) is -0.154. The summed E-state index contributed by atoms with van der Waals surface area (Å²) in [5, 5.41) is 18.4. The molecule has 1 fully saturated rings. The lowest BCUT2D eigenvalue weighted by Gasteiger charge is -2.43. The van der Waals surface area contributed by atoms with Gasteiger partial charge in [-0.3, -0.25) is 14.3 Å². The predicted molar refractivity (Wildman–Crippen MR) is 74.1 cm³/mol. The summed E-state index contributed by atoms with van der Waals surface area (Å²) in [6, 6.07) is -0.186. The Balaban J connectivity index is 2.38. The molecule has 3 atom stereocenters.